The molecule has 0 bridgehead atoms. The molecule has 2 radical (unpaired) electrons. The smallest absolute Gasteiger partial charge is 1.00 e. The van der Waals surface area contributed by atoms with Crippen molar-refractivity contribution in [2.24, 2.45) is 0 Å². The third-order valence-corrected chi connectivity index (χ3v) is 0. The van der Waals surface area contributed by atoms with Crippen LogP contribution in [0.25, 0.3) is 0 Å². The van der Waals surface area contributed by atoms with Gasteiger partial charge in [0.1, 0.15) is 0 Å². The summed E-state index contributed by atoms with van der Waals surface area (Å²) in [7, 11) is -10.9. The van der Waals surface area contributed by atoms with Crippen molar-refractivity contribution in [1.82, 2.24) is 0 Å². The van der Waals surface area contributed by atoms with Gasteiger partial charge < -0.3 is 53.6 Å². The van der Waals surface area contributed by atoms with Crippen LogP contribution in [0.5, 0.6) is 0 Å². The summed E-state index contributed by atoms with van der Waals surface area (Å²) in [6.45, 7) is 0. The third kappa shape index (κ3) is 461. The summed E-state index contributed by atoms with van der Waals surface area (Å²) in [5.74, 6) is 0. The first kappa shape index (κ1) is 57.5. The molecule has 0 unspecified atom stereocenters. The van der Waals surface area contributed by atoms with E-state index in [-0.39, 0.29) is 167 Å². The van der Waals surface area contributed by atoms with E-state index in [1.165, 1.54) is 0 Å². The van der Waals surface area contributed by atoms with Gasteiger partial charge in [0.05, 0.1) is 0 Å². The van der Waals surface area contributed by atoms with Crippen molar-refractivity contribution in [3.05, 3.63) is 0 Å². The van der Waals surface area contributed by atoms with Crippen molar-refractivity contribution < 1.29 is 87.7 Å². The zero-order chi connectivity index (χ0) is 10.7. The maximum absolute atomic E-state index is 8.52. The van der Waals surface area contributed by atoms with Crippen molar-refractivity contribution in [2.45, 2.75) is 0 Å². The van der Waals surface area contributed by atoms with Crippen LogP contribution >= 0.6 is 0 Å². The molecule has 0 saturated carbocycles. The second-order valence-corrected chi connectivity index (χ2v) is 2.25. The molecule has 18 heavy (non-hydrogen) atoms. The summed E-state index contributed by atoms with van der Waals surface area (Å²) in [4.78, 5) is 51.1. The molecule has 0 fully saturated rings. The first-order chi connectivity index (χ1) is 5.20. The maximum Gasteiger partial charge on any atom is 3.00 e. The van der Waals surface area contributed by atoms with E-state index in [4.69, 9.17) is 42.2 Å². The van der Waals surface area contributed by atoms with Gasteiger partial charge in [-0.15, -0.1) is 0 Å². The van der Waals surface area contributed by atoms with Gasteiger partial charge in [-0.1, -0.05) is 0 Å². The van der Waals surface area contributed by atoms with E-state index in [2.05, 4.69) is 0 Å². The van der Waals surface area contributed by atoms with E-state index >= 15 is 0 Å². The van der Waals surface area contributed by atoms with Gasteiger partial charge in [0.15, 0.2) is 0 Å². The Balaban J connectivity index is -0.00000000245. The molecule has 0 aliphatic heterocycles. The average Bonchev–Trinajstić information content (AvgIpc) is 1.54. The second-order valence-electron chi connectivity index (χ2n) is 0.750. The molecule has 0 aliphatic carbocycles. The first-order valence-electron chi connectivity index (χ1n) is 1.84. The molecule has 0 aromatic carbocycles. The largest absolute Gasteiger partial charge is 3.00 e. The van der Waals surface area contributed by atoms with Gasteiger partial charge in [-0.2, -0.15) is 0 Å². The minimum Gasteiger partial charge on any atom is -1.00 e. The van der Waals surface area contributed by atoms with E-state index in [1.54, 1.807) is 0 Å². The minimum atomic E-state index is -3.63. The molecule has 0 amide bonds. The van der Waals surface area contributed by atoms with E-state index in [0.29, 0.717) is 0 Å². The Hall–Kier alpha value is 3.94. The van der Waals surface area contributed by atoms with Crippen molar-refractivity contribution in [1.29, 1.82) is 0 Å². The molecular weight excluding hydrogens is 469 g/mol. The topological polar surface area (TPSA) is 190 Å². The Bertz CT molecular complexity index is 157. The monoisotopic (exact) mass is 476 g/mol. The predicted octanol–water partition coefficient (Wildman–Crippen LogP) is -9.26. The summed E-state index contributed by atoms with van der Waals surface area (Å²) < 4.78 is 25.6. The normalized spacial score (nSPS) is 4.00. The predicted molar refractivity (Wildman–Crippen MR) is 51.2 cm³/mol. The maximum atomic E-state index is 8.52. The van der Waals surface area contributed by atoms with Crippen molar-refractivity contribution in [3.8, 4) is 0 Å². The van der Waals surface area contributed by atoms with E-state index < -0.39 is 27.5 Å². The quantitative estimate of drug-likeness (QED) is 0.305. The minimum absolute atomic E-state index is 0. The van der Waals surface area contributed by atoms with Crippen LogP contribution in [0.15, 0.2) is 0 Å². The Morgan fingerprint density at radius 2 is 0.556 bits per heavy atom. The SMILES string of the molecule is O=[Si]([O-])[O-].O=[Si]([O-])[O-].O=[Si]([O-])[O-].[Ca+2].[Ca+2].[Fe+3].[Fe+3].[H-].[H-].[H-].[H-].[H-].[H-].[H-].[H-].[Mg+2].[Mg+2]. The Morgan fingerprint density at radius 1 is 0.556 bits per heavy atom. The van der Waals surface area contributed by atoms with Crippen LogP contribution in [-0.4, -0.2) is 149 Å². The van der Waals surface area contributed by atoms with Gasteiger partial charge in [0, 0.05) is 27.5 Å². The third-order valence-electron chi connectivity index (χ3n) is 0. The summed E-state index contributed by atoms with van der Waals surface area (Å²) in [5, 5.41) is 0. The van der Waals surface area contributed by atoms with Crippen molar-refractivity contribution in [3.63, 3.8) is 0 Å². The van der Waals surface area contributed by atoms with Crippen LogP contribution < -0.4 is 28.8 Å². The van der Waals surface area contributed by atoms with Gasteiger partial charge in [-0.3, -0.25) is 0 Å². The van der Waals surface area contributed by atoms with Crippen LogP contribution in [0.1, 0.15) is 11.4 Å². The average molecular weight is 477 g/mol. The van der Waals surface area contributed by atoms with E-state index in [1.807, 2.05) is 0 Å². The number of hydrogen-bond acceptors (Lipinski definition) is 9. The summed E-state index contributed by atoms with van der Waals surface area (Å²) in [6.07, 6.45) is 0. The molecular formula is H8Ca2Fe2Mg2O9Si3. The van der Waals surface area contributed by atoms with Crippen LogP contribution in [0, 0.1) is 0 Å². The first-order valence-corrected chi connectivity index (χ1v) is 5.51. The fourth-order valence-electron chi connectivity index (χ4n) is 0. The standard InChI is InChI=1S/2Ca.2Fe.2Mg.3O3Si.8H/c;;;;;;3*1-4(2)3;;;;;;;;/q2*+2;2*+3;2*+2;3*-2;8*-1. The van der Waals surface area contributed by atoms with E-state index in [0.717, 1.165) is 0 Å². The van der Waals surface area contributed by atoms with Gasteiger partial charge in [0.2, 0.25) is 0 Å². The van der Waals surface area contributed by atoms with Gasteiger partial charge in [-0.05, 0) is 0 Å². The molecule has 0 aliphatic rings. The molecule has 0 saturated heterocycles. The van der Waals surface area contributed by atoms with Crippen molar-refractivity contribution in [2.75, 3.05) is 0 Å². The van der Waals surface area contributed by atoms with Crippen LogP contribution in [0.3, 0.4) is 0 Å². The van der Waals surface area contributed by atoms with Crippen molar-refractivity contribution >= 4 is 149 Å². The van der Waals surface area contributed by atoms with Gasteiger partial charge >= 0.3 is 156 Å². The number of hydrogen-bond donors (Lipinski definition) is 0. The molecule has 0 rings (SSSR count). The summed E-state index contributed by atoms with van der Waals surface area (Å²) in [5.41, 5.74) is 0. The number of rotatable bonds is 0. The molecule has 0 aromatic rings. The summed E-state index contributed by atoms with van der Waals surface area (Å²) in [6, 6.07) is 0. The molecule has 0 spiro atoms. The molecule has 9 nitrogen and oxygen atoms in total. The zero-order valence-corrected chi connectivity index (χ0v) is 21.2. The molecule has 0 N–H and O–H groups in total. The molecule has 98 valence electrons. The fourth-order valence-corrected chi connectivity index (χ4v) is 0. The molecule has 0 aromatic heterocycles. The van der Waals surface area contributed by atoms with Crippen LogP contribution in [0.4, 0.5) is 0 Å². The second kappa shape index (κ2) is 49.7. The fraction of sp³-hybridized carbons (Fsp3) is 0. The Kier molecular flexibility index (Phi) is 159. The van der Waals surface area contributed by atoms with Gasteiger partial charge in [0.25, 0.3) is 0 Å². The van der Waals surface area contributed by atoms with Crippen LogP contribution in [-0.2, 0) is 47.5 Å². The van der Waals surface area contributed by atoms with Crippen LogP contribution in [0.2, 0.25) is 0 Å². The van der Waals surface area contributed by atoms with E-state index in [9.17, 15) is 0 Å². The molecule has 18 heteroatoms. The molecule has 0 atom stereocenters. The molecule has 0 heterocycles. The summed E-state index contributed by atoms with van der Waals surface area (Å²) >= 11 is 0. The van der Waals surface area contributed by atoms with Gasteiger partial charge in [-0.25, -0.2) is 0 Å². The Labute approximate surface area is 232 Å². The Morgan fingerprint density at radius 3 is 0.556 bits per heavy atom. The zero-order valence-electron chi connectivity index (χ0n) is 16.7.